The van der Waals surface area contributed by atoms with Crippen molar-refractivity contribution in [1.29, 1.82) is 0 Å². The molecule has 0 fully saturated rings. The van der Waals surface area contributed by atoms with Crippen LogP contribution in [0.4, 0.5) is 4.79 Å². The Hall–Kier alpha value is -1.45. The van der Waals surface area contributed by atoms with E-state index in [1.807, 2.05) is 39.6 Å². The normalized spacial score (nSPS) is 10.6. The molecule has 0 aliphatic heterocycles. The van der Waals surface area contributed by atoms with Crippen molar-refractivity contribution >= 4 is 6.09 Å². The topological polar surface area (TPSA) is 41.6 Å². The van der Waals surface area contributed by atoms with E-state index in [0.29, 0.717) is 6.54 Å². The van der Waals surface area contributed by atoms with Gasteiger partial charge in [0.1, 0.15) is 5.60 Å². The van der Waals surface area contributed by atoms with Gasteiger partial charge in [-0.15, -0.1) is 0 Å². The van der Waals surface area contributed by atoms with E-state index in [1.165, 1.54) is 0 Å². The summed E-state index contributed by atoms with van der Waals surface area (Å²) >= 11 is 0. The molecule has 0 saturated heterocycles. The molecule has 0 spiro atoms. The highest BCUT2D eigenvalue weighted by Gasteiger charge is 2.16. The maximum atomic E-state index is 11.4. The first-order valence-corrected chi connectivity index (χ1v) is 5.73. The lowest BCUT2D eigenvalue weighted by molar-refractivity contribution is 0.0530. The largest absolute Gasteiger partial charge is 0.444 e. The number of alkyl carbamates (subject to hydrolysis) is 1. The number of hydrogen-bond donors (Lipinski definition) is 1. The van der Waals surface area contributed by atoms with E-state index >= 15 is 0 Å². The summed E-state index contributed by atoms with van der Waals surface area (Å²) in [5.74, 6) is 0. The van der Waals surface area contributed by atoms with Gasteiger partial charge in [0.2, 0.25) is 0 Å². The molecule has 0 rings (SSSR count). The molecule has 0 aromatic carbocycles. The van der Waals surface area contributed by atoms with Crippen LogP contribution in [0.25, 0.3) is 0 Å². The fraction of sp³-hybridized carbons (Fsp3) is 0.615. The molecule has 0 atom stereocenters. The molecule has 0 aliphatic carbocycles. The Balaban J connectivity index is 4.09. The quantitative estimate of drug-likeness (QED) is 0.803. The molecule has 0 heterocycles. The summed E-state index contributed by atoms with van der Waals surface area (Å²) in [5, 5.41) is 2.66. The number of likely N-dealkylation sites (N-methyl/N-ethyl adjacent to an activating group) is 1. The minimum atomic E-state index is -0.482. The molecule has 0 saturated carbocycles. The lowest BCUT2D eigenvalue weighted by atomic mass is 10.2. The maximum Gasteiger partial charge on any atom is 0.407 e. The summed E-state index contributed by atoms with van der Waals surface area (Å²) < 4.78 is 5.12. The predicted molar refractivity (Wildman–Crippen MR) is 70.6 cm³/mol. The lowest BCUT2D eigenvalue weighted by Gasteiger charge is -2.24. The maximum absolute atomic E-state index is 11.4. The molecule has 0 unspecified atom stereocenters. The minimum absolute atomic E-state index is 0.352. The highest BCUT2D eigenvalue weighted by molar-refractivity contribution is 5.67. The van der Waals surface area contributed by atoms with Crippen LogP contribution >= 0.6 is 0 Å². The molecule has 1 amide bonds. The van der Waals surface area contributed by atoms with Gasteiger partial charge in [0.15, 0.2) is 0 Å². The summed E-state index contributed by atoms with van der Waals surface area (Å²) in [6, 6.07) is 0. The molecule has 0 aromatic rings. The highest BCUT2D eigenvalue weighted by atomic mass is 16.6. The Labute approximate surface area is 104 Å². The average Bonchev–Trinajstić information content (AvgIpc) is 2.21. The SMILES string of the molecule is C=C(CC)N(C)C(=C)CNC(=O)OC(C)(C)C. The standard InChI is InChI=1S/C13H24N2O2/c1-8-10(2)15(7)11(3)9-14-12(16)17-13(4,5)6/h2-3,8-9H2,1,4-7H3,(H,14,16). The first-order chi connectivity index (χ1) is 7.67. The lowest BCUT2D eigenvalue weighted by Crippen LogP contribution is -2.35. The first-order valence-electron chi connectivity index (χ1n) is 5.73. The van der Waals surface area contributed by atoms with Crippen LogP contribution in [0.1, 0.15) is 34.1 Å². The Morgan fingerprint density at radius 2 is 1.82 bits per heavy atom. The number of nitrogens with zero attached hydrogens (tertiary/aromatic N) is 1. The van der Waals surface area contributed by atoms with Crippen LogP contribution in [0.2, 0.25) is 0 Å². The van der Waals surface area contributed by atoms with Crippen molar-refractivity contribution in [2.24, 2.45) is 0 Å². The van der Waals surface area contributed by atoms with Gasteiger partial charge in [-0.1, -0.05) is 20.1 Å². The second-order valence-corrected chi connectivity index (χ2v) is 4.90. The van der Waals surface area contributed by atoms with E-state index in [9.17, 15) is 4.79 Å². The number of ether oxygens (including phenoxy) is 1. The number of rotatable bonds is 5. The fourth-order valence-electron chi connectivity index (χ4n) is 1.07. The molecule has 4 nitrogen and oxygen atoms in total. The van der Waals surface area contributed by atoms with Crippen molar-refractivity contribution in [2.75, 3.05) is 13.6 Å². The zero-order valence-electron chi connectivity index (χ0n) is 11.6. The molecule has 4 heteroatoms. The third kappa shape index (κ3) is 6.66. The predicted octanol–water partition coefficient (Wildman–Crippen LogP) is 2.88. The van der Waals surface area contributed by atoms with E-state index in [1.54, 1.807) is 0 Å². The molecular weight excluding hydrogens is 216 g/mol. The van der Waals surface area contributed by atoms with Gasteiger partial charge in [-0.05, 0) is 27.2 Å². The van der Waals surface area contributed by atoms with Crippen LogP contribution < -0.4 is 5.32 Å². The van der Waals surface area contributed by atoms with Crippen LogP contribution in [-0.4, -0.2) is 30.2 Å². The Kier molecular flexibility index (Phi) is 5.79. The van der Waals surface area contributed by atoms with Gasteiger partial charge >= 0.3 is 6.09 Å². The number of carbonyl (C=O) groups is 1. The van der Waals surface area contributed by atoms with Crippen molar-refractivity contribution in [2.45, 2.75) is 39.7 Å². The summed E-state index contributed by atoms with van der Waals surface area (Å²) in [5.41, 5.74) is 1.26. The van der Waals surface area contributed by atoms with Crippen LogP contribution in [0.3, 0.4) is 0 Å². The second-order valence-electron chi connectivity index (χ2n) is 4.90. The van der Waals surface area contributed by atoms with E-state index in [0.717, 1.165) is 17.8 Å². The van der Waals surface area contributed by atoms with Gasteiger partial charge < -0.3 is 15.0 Å². The fourth-order valence-corrected chi connectivity index (χ4v) is 1.07. The second kappa shape index (κ2) is 6.33. The van der Waals surface area contributed by atoms with Crippen molar-refractivity contribution < 1.29 is 9.53 Å². The number of hydrogen-bond acceptors (Lipinski definition) is 3. The van der Waals surface area contributed by atoms with Gasteiger partial charge in [0.25, 0.3) is 0 Å². The number of nitrogens with one attached hydrogen (secondary N) is 1. The molecule has 17 heavy (non-hydrogen) atoms. The molecule has 0 aliphatic rings. The van der Waals surface area contributed by atoms with Gasteiger partial charge in [0.05, 0.1) is 6.54 Å². The van der Waals surface area contributed by atoms with Gasteiger partial charge in [-0.25, -0.2) is 4.79 Å². The summed E-state index contributed by atoms with van der Waals surface area (Å²) in [4.78, 5) is 13.3. The van der Waals surface area contributed by atoms with E-state index < -0.39 is 11.7 Å². The summed E-state index contributed by atoms with van der Waals surface area (Å²) in [6.45, 7) is 15.6. The number of carbonyl (C=O) groups excluding carboxylic acids is 1. The third-order valence-electron chi connectivity index (χ3n) is 2.19. The van der Waals surface area contributed by atoms with Crippen LogP contribution in [0.5, 0.6) is 0 Å². The zero-order valence-corrected chi connectivity index (χ0v) is 11.6. The molecule has 98 valence electrons. The number of amides is 1. The van der Waals surface area contributed by atoms with Crippen molar-refractivity contribution in [1.82, 2.24) is 10.2 Å². The smallest absolute Gasteiger partial charge is 0.407 e. The molecule has 0 aromatic heterocycles. The minimum Gasteiger partial charge on any atom is -0.444 e. The summed E-state index contributed by atoms with van der Waals surface area (Å²) in [6.07, 6.45) is 0.413. The monoisotopic (exact) mass is 240 g/mol. The van der Waals surface area contributed by atoms with E-state index in [-0.39, 0.29) is 0 Å². The van der Waals surface area contributed by atoms with Gasteiger partial charge in [-0.3, -0.25) is 0 Å². The summed E-state index contributed by atoms with van der Waals surface area (Å²) in [7, 11) is 1.88. The van der Waals surface area contributed by atoms with Crippen LogP contribution in [-0.2, 0) is 4.74 Å². The van der Waals surface area contributed by atoms with Crippen molar-refractivity contribution in [3.63, 3.8) is 0 Å². The third-order valence-corrected chi connectivity index (χ3v) is 2.19. The number of allylic oxidation sites excluding steroid dienone is 1. The molecule has 1 N–H and O–H groups in total. The van der Waals surface area contributed by atoms with Gasteiger partial charge in [0, 0.05) is 18.4 Å². The highest BCUT2D eigenvalue weighted by Crippen LogP contribution is 2.10. The van der Waals surface area contributed by atoms with Crippen molar-refractivity contribution in [3.05, 3.63) is 24.6 Å². The van der Waals surface area contributed by atoms with E-state index in [4.69, 9.17) is 4.74 Å². The Morgan fingerprint density at radius 3 is 2.24 bits per heavy atom. The first kappa shape index (κ1) is 15.6. The zero-order chi connectivity index (χ0) is 13.6. The van der Waals surface area contributed by atoms with Gasteiger partial charge in [-0.2, -0.15) is 0 Å². The Morgan fingerprint density at radius 1 is 1.29 bits per heavy atom. The molecule has 0 bridgehead atoms. The van der Waals surface area contributed by atoms with Crippen molar-refractivity contribution in [3.8, 4) is 0 Å². The Bertz CT molecular complexity index is 303. The molecule has 0 radical (unpaired) electrons. The molecular formula is C13H24N2O2. The average molecular weight is 240 g/mol. The van der Waals surface area contributed by atoms with Crippen LogP contribution in [0.15, 0.2) is 24.6 Å². The van der Waals surface area contributed by atoms with E-state index in [2.05, 4.69) is 18.5 Å². The van der Waals surface area contributed by atoms with Crippen LogP contribution in [0, 0.1) is 0 Å².